The van der Waals surface area contributed by atoms with Gasteiger partial charge in [0.15, 0.2) is 0 Å². The van der Waals surface area contributed by atoms with Crippen molar-refractivity contribution >= 4 is 15.9 Å². The highest BCUT2D eigenvalue weighted by molar-refractivity contribution is 7.88. The van der Waals surface area contributed by atoms with E-state index in [1.807, 2.05) is 4.90 Å². The molecule has 0 bridgehead atoms. The zero-order chi connectivity index (χ0) is 14.8. The molecule has 1 aliphatic heterocycles. The van der Waals surface area contributed by atoms with Crippen LogP contribution in [-0.2, 0) is 21.4 Å². The van der Waals surface area contributed by atoms with Crippen LogP contribution in [0.15, 0.2) is 12.5 Å². The lowest BCUT2D eigenvalue weighted by Crippen LogP contribution is -2.40. The zero-order valence-electron chi connectivity index (χ0n) is 11.3. The summed E-state index contributed by atoms with van der Waals surface area (Å²) in [6.45, 7) is 2.09. The number of nitrogens with one attached hydrogen (secondary N) is 1. The summed E-state index contributed by atoms with van der Waals surface area (Å²) in [5, 5.41) is 0. The Labute approximate surface area is 118 Å². The molecule has 8 nitrogen and oxygen atoms in total. The summed E-state index contributed by atoms with van der Waals surface area (Å²) in [5.41, 5.74) is 6.29. The van der Waals surface area contributed by atoms with E-state index >= 15 is 0 Å². The van der Waals surface area contributed by atoms with Crippen LogP contribution >= 0.6 is 0 Å². The van der Waals surface area contributed by atoms with E-state index in [0.29, 0.717) is 26.2 Å². The Kier molecular flexibility index (Phi) is 4.41. The van der Waals surface area contributed by atoms with E-state index in [1.165, 1.54) is 4.31 Å². The summed E-state index contributed by atoms with van der Waals surface area (Å²) in [6, 6.07) is 0. The molecule has 0 unspecified atom stereocenters. The number of carbonyl (C=O) groups excluding carboxylic acids is 1. The van der Waals surface area contributed by atoms with Crippen LogP contribution in [-0.4, -0.2) is 65.9 Å². The minimum Gasteiger partial charge on any atom is -0.369 e. The monoisotopic (exact) mass is 301 g/mol. The minimum atomic E-state index is -3.32. The average molecular weight is 301 g/mol. The summed E-state index contributed by atoms with van der Waals surface area (Å²) in [6.07, 6.45) is 4.44. The van der Waals surface area contributed by atoms with Crippen molar-refractivity contribution in [1.29, 1.82) is 0 Å². The van der Waals surface area contributed by atoms with Crippen LogP contribution in [0.5, 0.6) is 0 Å². The van der Waals surface area contributed by atoms with E-state index in [0.717, 1.165) is 11.9 Å². The molecule has 0 aliphatic carbocycles. The zero-order valence-corrected chi connectivity index (χ0v) is 12.1. The maximum absolute atomic E-state index is 11.7. The van der Waals surface area contributed by atoms with Crippen LogP contribution in [0.2, 0.25) is 0 Å². The van der Waals surface area contributed by atoms with Crippen molar-refractivity contribution in [3.63, 3.8) is 0 Å². The molecule has 1 aliphatic rings. The fourth-order valence-corrected chi connectivity index (χ4v) is 3.15. The number of hydrogen-bond acceptors (Lipinski definition) is 5. The van der Waals surface area contributed by atoms with Crippen LogP contribution in [0.25, 0.3) is 0 Å². The van der Waals surface area contributed by atoms with E-state index in [4.69, 9.17) is 5.73 Å². The fraction of sp³-hybridized carbons (Fsp3) is 0.636. The molecule has 1 saturated heterocycles. The van der Waals surface area contributed by atoms with Gasteiger partial charge in [-0.2, -0.15) is 0 Å². The van der Waals surface area contributed by atoms with Gasteiger partial charge in [-0.3, -0.25) is 9.69 Å². The molecule has 9 heteroatoms. The van der Waals surface area contributed by atoms with Crippen molar-refractivity contribution in [3.8, 4) is 0 Å². The van der Waals surface area contributed by atoms with Crippen LogP contribution in [0.4, 0.5) is 0 Å². The molecule has 20 heavy (non-hydrogen) atoms. The van der Waals surface area contributed by atoms with Gasteiger partial charge in [-0.25, -0.2) is 17.7 Å². The van der Waals surface area contributed by atoms with Crippen LogP contribution < -0.4 is 5.73 Å². The first-order valence-electron chi connectivity index (χ1n) is 6.30. The van der Waals surface area contributed by atoms with Crippen molar-refractivity contribution < 1.29 is 13.2 Å². The number of rotatable bonds is 4. The lowest BCUT2D eigenvalue weighted by molar-refractivity contribution is -0.122. The Hall–Kier alpha value is -1.45. The predicted octanol–water partition coefficient (Wildman–Crippen LogP) is -1.41. The maximum Gasteiger partial charge on any atom is 0.223 e. The Balaban J connectivity index is 2.11. The minimum absolute atomic E-state index is 0.146. The van der Waals surface area contributed by atoms with Crippen LogP contribution in [0, 0.1) is 5.92 Å². The summed E-state index contributed by atoms with van der Waals surface area (Å²) >= 11 is 0. The Bertz CT molecular complexity index is 557. The standard InChI is InChI=1S/C11H19N5O3S/c1-20(18,19)16-3-2-15(5-9(6-16)11(12)17)7-10-4-13-8-14-10/h4,8-9H,2-3,5-7H2,1H3,(H2,12,17)(H,13,14)/t9-/m0/s1. The number of nitrogens with two attached hydrogens (primary N) is 1. The second kappa shape index (κ2) is 5.90. The molecule has 1 fully saturated rings. The van der Waals surface area contributed by atoms with Gasteiger partial charge in [-0.15, -0.1) is 0 Å². The third-order valence-electron chi connectivity index (χ3n) is 3.39. The first kappa shape index (κ1) is 14.9. The number of aromatic nitrogens is 2. The number of nitrogens with zero attached hydrogens (tertiary/aromatic N) is 3. The molecular formula is C11H19N5O3S. The van der Waals surface area contributed by atoms with Gasteiger partial charge in [0.25, 0.3) is 0 Å². The number of hydrogen-bond donors (Lipinski definition) is 2. The summed E-state index contributed by atoms with van der Waals surface area (Å²) < 4.78 is 24.7. The molecule has 0 radical (unpaired) electrons. The molecule has 2 heterocycles. The van der Waals surface area contributed by atoms with E-state index < -0.39 is 21.8 Å². The topological polar surface area (TPSA) is 112 Å². The molecule has 112 valence electrons. The maximum atomic E-state index is 11.7. The van der Waals surface area contributed by atoms with Crippen molar-refractivity contribution in [3.05, 3.63) is 18.2 Å². The van der Waals surface area contributed by atoms with Gasteiger partial charge >= 0.3 is 0 Å². The van der Waals surface area contributed by atoms with Gasteiger partial charge in [0.1, 0.15) is 0 Å². The smallest absolute Gasteiger partial charge is 0.223 e. The third-order valence-corrected chi connectivity index (χ3v) is 4.66. The van der Waals surface area contributed by atoms with Crippen LogP contribution in [0.3, 0.4) is 0 Å². The van der Waals surface area contributed by atoms with Gasteiger partial charge < -0.3 is 10.7 Å². The number of amides is 1. The lowest BCUT2D eigenvalue weighted by Gasteiger charge is -2.21. The van der Waals surface area contributed by atoms with E-state index in [2.05, 4.69) is 9.97 Å². The van der Waals surface area contributed by atoms with Gasteiger partial charge in [0.05, 0.1) is 18.5 Å². The molecule has 3 N–H and O–H groups in total. The second-order valence-corrected chi connectivity index (χ2v) is 7.01. The molecule has 1 amide bonds. The first-order valence-corrected chi connectivity index (χ1v) is 8.15. The molecule has 0 spiro atoms. The number of imidazole rings is 1. The molecule has 1 aromatic rings. The Morgan fingerprint density at radius 2 is 2.25 bits per heavy atom. The number of aromatic amines is 1. The highest BCUT2D eigenvalue weighted by atomic mass is 32.2. The van der Waals surface area contributed by atoms with Gasteiger partial charge in [-0.1, -0.05) is 0 Å². The summed E-state index contributed by atoms with van der Waals surface area (Å²) in [7, 11) is -3.32. The largest absolute Gasteiger partial charge is 0.369 e. The lowest BCUT2D eigenvalue weighted by atomic mass is 10.1. The van der Waals surface area contributed by atoms with E-state index in [-0.39, 0.29) is 6.54 Å². The Morgan fingerprint density at radius 1 is 1.50 bits per heavy atom. The molecule has 0 saturated carbocycles. The van der Waals surface area contributed by atoms with E-state index in [9.17, 15) is 13.2 Å². The second-order valence-electron chi connectivity index (χ2n) is 5.03. The van der Waals surface area contributed by atoms with Gasteiger partial charge in [-0.05, 0) is 0 Å². The summed E-state index contributed by atoms with van der Waals surface area (Å²) in [4.78, 5) is 20.4. The van der Waals surface area contributed by atoms with Gasteiger partial charge in [0.2, 0.25) is 15.9 Å². The van der Waals surface area contributed by atoms with Crippen molar-refractivity contribution in [2.24, 2.45) is 11.7 Å². The normalized spacial score (nSPS) is 22.6. The number of H-pyrrole nitrogens is 1. The van der Waals surface area contributed by atoms with Crippen molar-refractivity contribution in [2.75, 3.05) is 32.4 Å². The highest BCUT2D eigenvalue weighted by Gasteiger charge is 2.30. The molecule has 0 aromatic carbocycles. The summed E-state index contributed by atoms with van der Waals surface area (Å²) in [5.74, 6) is -0.981. The number of sulfonamides is 1. The SMILES string of the molecule is CS(=O)(=O)N1CCN(Cc2cnc[nH]2)C[C@H](C(N)=O)C1. The van der Waals surface area contributed by atoms with Crippen molar-refractivity contribution in [2.45, 2.75) is 6.54 Å². The number of carbonyl (C=O) groups is 1. The molecule has 1 aromatic heterocycles. The average Bonchev–Trinajstić information content (AvgIpc) is 2.72. The number of primary amides is 1. The fourth-order valence-electron chi connectivity index (χ4n) is 2.29. The molecule has 2 rings (SSSR count). The Morgan fingerprint density at radius 3 is 2.80 bits per heavy atom. The van der Waals surface area contributed by atoms with E-state index in [1.54, 1.807) is 12.5 Å². The van der Waals surface area contributed by atoms with Crippen molar-refractivity contribution in [1.82, 2.24) is 19.2 Å². The third kappa shape index (κ3) is 3.78. The quantitative estimate of drug-likeness (QED) is 0.709. The highest BCUT2D eigenvalue weighted by Crippen LogP contribution is 2.14. The first-order chi connectivity index (χ1) is 9.36. The van der Waals surface area contributed by atoms with Crippen LogP contribution in [0.1, 0.15) is 5.69 Å². The predicted molar refractivity (Wildman–Crippen MR) is 73.0 cm³/mol. The molecule has 1 atom stereocenters. The molecular weight excluding hydrogens is 282 g/mol. The van der Waals surface area contributed by atoms with Gasteiger partial charge in [0, 0.05) is 44.6 Å².